The van der Waals surface area contributed by atoms with E-state index in [-0.39, 0.29) is 29.5 Å². The number of amides is 2. The van der Waals surface area contributed by atoms with E-state index in [0.29, 0.717) is 16.7 Å². The van der Waals surface area contributed by atoms with E-state index in [1.165, 1.54) is 12.1 Å². The van der Waals surface area contributed by atoms with Crippen LogP contribution in [0.25, 0.3) is 0 Å². The summed E-state index contributed by atoms with van der Waals surface area (Å²) in [6.45, 7) is 3.80. The second-order valence-corrected chi connectivity index (χ2v) is 7.82. The van der Waals surface area contributed by atoms with Crippen LogP contribution in [0.4, 0.5) is 10.1 Å². The van der Waals surface area contributed by atoms with E-state index in [9.17, 15) is 14.0 Å². The number of nitrogens with one attached hydrogen (secondary N) is 1. The predicted octanol–water partition coefficient (Wildman–Crippen LogP) is 4.20. The topological polar surface area (TPSA) is 52.7 Å². The highest BCUT2D eigenvalue weighted by atomic mass is 35.5. The molecule has 4 rings (SSSR count). The Hall–Kier alpha value is -2.60. The Morgan fingerprint density at radius 1 is 1.24 bits per heavy atom. The van der Waals surface area contributed by atoms with E-state index in [4.69, 9.17) is 11.6 Å². The smallest absolute Gasteiger partial charge is 0.257 e. The third kappa shape index (κ3) is 3.69. The van der Waals surface area contributed by atoms with Crippen LogP contribution in [0.3, 0.4) is 0 Å². The third-order valence-electron chi connectivity index (χ3n) is 5.69. The maximum absolute atomic E-state index is 13.2. The third-order valence-corrected chi connectivity index (χ3v) is 6.04. The summed E-state index contributed by atoms with van der Waals surface area (Å²) in [4.78, 5) is 29.8. The summed E-state index contributed by atoms with van der Waals surface area (Å²) < 4.78 is 13.2. The lowest BCUT2D eigenvalue weighted by Gasteiger charge is -2.47. The van der Waals surface area contributed by atoms with Crippen LogP contribution in [0.2, 0.25) is 5.02 Å². The summed E-state index contributed by atoms with van der Waals surface area (Å²) in [5.41, 5.74) is 2.58. The molecule has 2 aromatic rings. The SMILES string of the molecule is CCN1c2cc(C(=O)NCc3ccc(F)cc3Cl)ccc2C(=O)N2CCCC[C@H]21. The number of rotatable bonds is 4. The van der Waals surface area contributed by atoms with Crippen LogP contribution in [0, 0.1) is 5.82 Å². The first kappa shape index (κ1) is 19.7. The van der Waals surface area contributed by atoms with E-state index in [1.54, 1.807) is 24.3 Å². The average molecular weight is 416 g/mol. The van der Waals surface area contributed by atoms with E-state index >= 15 is 0 Å². The lowest BCUT2D eigenvalue weighted by atomic mass is 9.97. The Balaban J connectivity index is 1.57. The lowest BCUT2D eigenvalue weighted by molar-refractivity contribution is 0.0582. The van der Waals surface area contributed by atoms with Crippen molar-refractivity contribution < 1.29 is 14.0 Å². The Labute approximate surface area is 174 Å². The minimum absolute atomic E-state index is 0.0412. The first-order chi connectivity index (χ1) is 14.0. The van der Waals surface area contributed by atoms with Crippen LogP contribution in [0.1, 0.15) is 52.5 Å². The molecule has 0 aliphatic carbocycles. The van der Waals surface area contributed by atoms with E-state index in [1.807, 2.05) is 4.90 Å². The van der Waals surface area contributed by atoms with Gasteiger partial charge in [0, 0.05) is 30.2 Å². The second-order valence-electron chi connectivity index (χ2n) is 7.41. The molecule has 0 saturated carbocycles. The maximum Gasteiger partial charge on any atom is 0.257 e. The molecule has 7 heteroatoms. The number of benzene rings is 2. The molecule has 2 aliphatic rings. The van der Waals surface area contributed by atoms with Gasteiger partial charge in [0.1, 0.15) is 12.0 Å². The standard InChI is InChI=1S/C22H23ClFN3O2/c1-2-26-19-11-14(21(28)25-13-15-6-8-16(24)12-18(15)23)7-9-17(19)22(29)27-10-4-3-5-20(26)27/h6-9,11-12,20H,2-5,10,13H2,1H3,(H,25,28)/t20-/m0/s1. The van der Waals surface area contributed by atoms with Crippen LogP contribution < -0.4 is 10.2 Å². The number of piperidine rings is 1. The molecule has 0 spiro atoms. The zero-order chi connectivity index (χ0) is 20.5. The van der Waals surface area contributed by atoms with Crippen molar-refractivity contribution in [2.24, 2.45) is 0 Å². The molecule has 2 amide bonds. The zero-order valence-corrected chi connectivity index (χ0v) is 17.0. The molecule has 0 radical (unpaired) electrons. The van der Waals surface area contributed by atoms with Gasteiger partial charge in [-0.15, -0.1) is 0 Å². The van der Waals surface area contributed by atoms with Gasteiger partial charge in [-0.3, -0.25) is 9.59 Å². The van der Waals surface area contributed by atoms with Crippen molar-refractivity contribution >= 4 is 29.1 Å². The molecule has 29 heavy (non-hydrogen) atoms. The van der Waals surface area contributed by atoms with Crippen LogP contribution in [-0.2, 0) is 6.54 Å². The van der Waals surface area contributed by atoms with Gasteiger partial charge in [0.25, 0.3) is 11.8 Å². The van der Waals surface area contributed by atoms with E-state index in [0.717, 1.165) is 38.0 Å². The summed E-state index contributed by atoms with van der Waals surface area (Å²) in [5.74, 6) is -0.636. The predicted molar refractivity (Wildman–Crippen MR) is 111 cm³/mol. The molecule has 2 heterocycles. The molecule has 5 nitrogen and oxygen atoms in total. The van der Waals surface area contributed by atoms with Gasteiger partial charge in [-0.1, -0.05) is 17.7 Å². The van der Waals surface area contributed by atoms with Crippen molar-refractivity contribution in [2.75, 3.05) is 18.0 Å². The Bertz CT molecular complexity index is 965. The van der Waals surface area contributed by atoms with Gasteiger partial charge < -0.3 is 15.1 Å². The van der Waals surface area contributed by atoms with Crippen LogP contribution in [0.15, 0.2) is 36.4 Å². The molecule has 1 atom stereocenters. The largest absolute Gasteiger partial charge is 0.351 e. The zero-order valence-electron chi connectivity index (χ0n) is 16.3. The van der Waals surface area contributed by atoms with Crippen molar-refractivity contribution in [3.8, 4) is 0 Å². The fourth-order valence-electron chi connectivity index (χ4n) is 4.21. The van der Waals surface area contributed by atoms with Crippen molar-refractivity contribution in [1.29, 1.82) is 0 Å². The normalized spacial score (nSPS) is 18.3. The molecule has 2 aliphatic heterocycles. The number of nitrogens with zero attached hydrogens (tertiary/aromatic N) is 2. The van der Waals surface area contributed by atoms with Gasteiger partial charge in [-0.25, -0.2) is 4.39 Å². The van der Waals surface area contributed by atoms with Crippen molar-refractivity contribution in [2.45, 2.75) is 38.9 Å². The number of hydrogen-bond donors (Lipinski definition) is 1. The van der Waals surface area contributed by atoms with Crippen LogP contribution in [-0.4, -0.2) is 36.0 Å². The van der Waals surface area contributed by atoms with Gasteiger partial charge in [-0.05, 0) is 62.1 Å². The first-order valence-electron chi connectivity index (χ1n) is 9.93. The molecule has 0 bridgehead atoms. The molecule has 1 N–H and O–H groups in total. The second kappa shape index (κ2) is 8.03. The highest BCUT2D eigenvalue weighted by Crippen LogP contribution is 2.35. The molecule has 1 fully saturated rings. The number of carbonyl (C=O) groups is 2. The number of fused-ring (bicyclic) bond motifs is 2. The highest BCUT2D eigenvalue weighted by molar-refractivity contribution is 6.31. The average Bonchev–Trinajstić information content (AvgIpc) is 2.73. The Morgan fingerprint density at radius 3 is 2.83 bits per heavy atom. The molecule has 0 unspecified atom stereocenters. The lowest BCUT2D eigenvalue weighted by Crippen LogP contribution is -2.57. The van der Waals surface area contributed by atoms with Gasteiger partial charge in [0.2, 0.25) is 0 Å². The number of hydrogen-bond acceptors (Lipinski definition) is 3. The fraction of sp³-hybridized carbons (Fsp3) is 0.364. The number of carbonyl (C=O) groups excluding carboxylic acids is 2. The summed E-state index contributed by atoms with van der Waals surface area (Å²) in [6, 6.07) is 9.31. The van der Waals surface area contributed by atoms with Crippen LogP contribution in [0.5, 0.6) is 0 Å². The maximum atomic E-state index is 13.2. The Morgan fingerprint density at radius 2 is 2.07 bits per heavy atom. The summed E-state index contributed by atoms with van der Waals surface area (Å²) in [7, 11) is 0. The van der Waals surface area contributed by atoms with Crippen molar-refractivity contribution in [3.05, 3.63) is 63.9 Å². The van der Waals surface area contributed by atoms with E-state index < -0.39 is 5.82 Å². The monoisotopic (exact) mass is 415 g/mol. The molecule has 152 valence electrons. The van der Waals surface area contributed by atoms with Crippen molar-refractivity contribution in [1.82, 2.24) is 10.2 Å². The van der Waals surface area contributed by atoms with Crippen molar-refractivity contribution in [3.63, 3.8) is 0 Å². The summed E-state index contributed by atoms with van der Waals surface area (Å²) in [5, 5.41) is 3.10. The summed E-state index contributed by atoms with van der Waals surface area (Å²) >= 11 is 6.03. The molecular formula is C22H23ClFN3O2. The van der Waals surface area contributed by atoms with E-state index in [2.05, 4.69) is 17.1 Å². The van der Waals surface area contributed by atoms with Crippen LogP contribution >= 0.6 is 11.6 Å². The minimum atomic E-state index is -0.416. The van der Waals surface area contributed by atoms with Gasteiger partial charge in [0.15, 0.2) is 0 Å². The van der Waals surface area contributed by atoms with Gasteiger partial charge >= 0.3 is 0 Å². The number of halogens is 2. The summed E-state index contributed by atoms with van der Waals surface area (Å²) in [6.07, 6.45) is 3.13. The molecule has 1 saturated heterocycles. The fourth-order valence-corrected chi connectivity index (χ4v) is 4.44. The number of anilines is 1. The first-order valence-corrected chi connectivity index (χ1v) is 10.3. The quantitative estimate of drug-likeness (QED) is 0.814. The molecular weight excluding hydrogens is 393 g/mol. The molecule has 0 aromatic heterocycles. The highest BCUT2D eigenvalue weighted by Gasteiger charge is 2.38. The van der Waals surface area contributed by atoms with Gasteiger partial charge in [-0.2, -0.15) is 0 Å². The Kier molecular flexibility index (Phi) is 5.46. The minimum Gasteiger partial charge on any atom is -0.351 e. The molecule has 2 aromatic carbocycles. The van der Waals surface area contributed by atoms with Gasteiger partial charge in [0.05, 0.1) is 11.3 Å².